The predicted octanol–water partition coefficient (Wildman–Crippen LogP) is 2.54. The van der Waals surface area contributed by atoms with Gasteiger partial charge in [-0.1, -0.05) is 23.2 Å². The van der Waals surface area contributed by atoms with Crippen molar-refractivity contribution in [2.45, 2.75) is 0 Å². The largest absolute Gasteiger partial charge is 0.478 e. The summed E-state index contributed by atoms with van der Waals surface area (Å²) in [5.74, 6) is -0.426. The van der Waals surface area contributed by atoms with Gasteiger partial charge in [-0.25, -0.2) is 4.79 Å². The molecule has 0 aliphatic heterocycles. The van der Waals surface area contributed by atoms with Gasteiger partial charge in [-0.3, -0.25) is 0 Å². The van der Waals surface area contributed by atoms with E-state index >= 15 is 0 Å². The summed E-state index contributed by atoms with van der Waals surface area (Å²) in [6.07, 6.45) is 0. The number of alkyl halides is 2. The number of aromatic carboxylic acids is 1. The van der Waals surface area contributed by atoms with Crippen molar-refractivity contribution in [2.75, 3.05) is 12.1 Å². The monoisotopic (exact) mass is 250 g/mol. The first-order valence-electron chi connectivity index (χ1n) is 3.93. The average Bonchev–Trinajstić information content (AvgIpc) is 2.18. The zero-order valence-corrected chi connectivity index (χ0v) is 9.09. The highest BCUT2D eigenvalue weighted by Gasteiger charge is 2.08. The predicted molar refractivity (Wildman–Crippen MR) is 56.1 cm³/mol. The minimum atomic E-state index is -1.07. The van der Waals surface area contributed by atoms with Crippen LogP contribution in [0.4, 0.5) is 0 Å². The number of rotatable bonds is 5. The van der Waals surface area contributed by atoms with E-state index in [-0.39, 0.29) is 17.7 Å². The molecule has 1 aromatic carbocycles. The van der Waals surface area contributed by atoms with Crippen molar-refractivity contribution in [3.8, 4) is 11.5 Å². The van der Waals surface area contributed by atoms with Crippen LogP contribution in [-0.2, 0) is 0 Å². The van der Waals surface area contributed by atoms with Gasteiger partial charge >= 0.3 is 5.97 Å². The quantitative estimate of drug-likeness (QED) is 0.817. The highest BCUT2D eigenvalue weighted by atomic mass is 35.5. The third-order valence-electron chi connectivity index (χ3n) is 1.57. The molecule has 0 aliphatic rings. The molecular weight excluding hydrogens is 243 g/mol. The minimum absolute atomic E-state index is 0.0535. The van der Waals surface area contributed by atoms with Crippen molar-refractivity contribution in [3.63, 3.8) is 0 Å². The first-order valence-corrected chi connectivity index (χ1v) is 5.00. The minimum Gasteiger partial charge on any atom is -0.478 e. The highest BCUT2D eigenvalue weighted by molar-refractivity contribution is 6.17. The molecule has 0 fully saturated rings. The molecule has 1 aromatic rings. The lowest BCUT2D eigenvalue weighted by atomic mass is 10.2. The maximum atomic E-state index is 10.7. The van der Waals surface area contributed by atoms with Crippen molar-refractivity contribution in [1.29, 1.82) is 0 Å². The molecule has 82 valence electrons. The fourth-order valence-electron chi connectivity index (χ4n) is 0.988. The second-order valence-corrected chi connectivity index (χ2v) is 2.94. The molecule has 0 atom stereocenters. The van der Waals surface area contributed by atoms with Gasteiger partial charge in [-0.15, -0.1) is 0 Å². The van der Waals surface area contributed by atoms with Gasteiger partial charge in [0.2, 0.25) is 0 Å². The highest BCUT2D eigenvalue weighted by Crippen LogP contribution is 2.23. The molecular formula is C9H8Cl2O4. The molecule has 0 bridgehead atoms. The summed E-state index contributed by atoms with van der Waals surface area (Å²) in [7, 11) is 0. The summed E-state index contributed by atoms with van der Waals surface area (Å²) in [6.45, 7) is 0. The average molecular weight is 251 g/mol. The molecule has 0 amide bonds. The Morgan fingerprint density at radius 2 is 1.60 bits per heavy atom. The summed E-state index contributed by atoms with van der Waals surface area (Å²) in [6, 6.07) is 4.08. The molecule has 6 heteroatoms. The molecule has 0 saturated carbocycles. The SMILES string of the molecule is O=C(O)c1cc(OCCl)cc(OCCl)c1. The maximum Gasteiger partial charge on any atom is 0.335 e. The second-order valence-electron chi connectivity index (χ2n) is 2.51. The van der Waals surface area contributed by atoms with E-state index in [1.807, 2.05) is 0 Å². The van der Waals surface area contributed by atoms with Crippen molar-refractivity contribution in [2.24, 2.45) is 0 Å². The van der Waals surface area contributed by atoms with Crippen LogP contribution in [0.1, 0.15) is 10.4 Å². The van der Waals surface area contributed by atoms with Crippen molar-refractivity contribution >= 4 is 29.2 Å². The van der Waals surface area contributed by atoms with Crippen molar-refractivity contribution in [3.05, 3.63) is 23.8 Å². The van der Waals surface area contributed by atoms with Crippen LogP contribution in [0.25, 0.3) is 0 Å². The van der Waals surface area contributed by atoms with E-state index < -0.39 is 5.97 Å². The van der Waals surface area contributed by atoms with Crippen LogP contribution in [-0.4, -0.2) is 23.2 Å². The Labute approximate surface area is 96.3 Å². The maximum absolute atomic E-state index is 10.7. The third-order valence-corrected chi connectivity index (χ3v) is 1.79. The van der Waals surface area contributed by atoms with E-state index in [0.717, 1.165) is 0 Å². The van der Waals surface area contributed by atoms with E-state index in [0.29, 0.717) is 11.5 Å². The summed E-state index contributed by atoms with van der Waals surface area (Å²) in [4.78, 5) is 10.7. The topological polar surface area (TPSA) is 55.8 Å². The van der Waals surface area contributed by atoms with Gasteiger partial charge in [-0.2, -0.15) is 0 Å². The first kappa shape index (κ1) is 11.9. The number of carbonyl (C=O) groups is 1. The lowest BCUT2D eigenvalue weighted by Gasteiger charge is -2.07. The zero-order chi connectivity index (χ0) is 11.3. The number of hydrogen-bond acceptors (Lipinski definition) is 3. The Balaban J connectivity index is 3.02. The lowest BCUT2D eigenvalue weighted by molar-refractivity contribution is 0.0696. The van der Waals surface area contributed by atoms with E-state index in [1.165, 1.54) is 18.2 Å². The summed E-state index contributed by atoms with van der Waals surface area (Å²) in [5, 5.41) is 8.79. The molecule has 0 unspecified atom stereocenters. The summed E-state index contributed by atoms with van der Waals surface area (Å²) < 4.78 is 9.93. The smallest absolute Gasteiger partial charge is 0.335 e. The molecule has 0 aromatic heterocycles. The Bertz CT molecular complexity index is 330. The molecule has 0 spiro atoms. The van der Waals surface area contributed by atoms with Gasteiger partial charge in [0.15, 0.2) is 12.1 Å². The van der Waals surface area contributed by atoms with Gasteiger partial charge in [0.05, 0.1) is 5.56 Å². The molecule has 4 nitrogen and oxygen atoms in total. The first-order chi connectivity index (χ1) is 7.17. The number of carboxylic acids is 1. The van der Waals surface area contributed by atoms with Gasteiger partial charge in [-0.05, 0) is 12.1 Å². The van der Waals surface area contributed by atoms with E-state index in [9.17, 15) is 4.79 Å². The molecule has 0 aliphatic carbocycles. The fraction of sp³-hybridized carbons (Fsp3) is 0.222. The van der Waals surface area contributed by atoms with Gasteiger partial charge < -0.3 is 14.6 Å². The summed E-state index contributed by atoms with van der Waals surface area (Å²) in [5.41, 5.74) is 0.0535. The van der Waals surface area contributed by atoms with E-state index in [1.54, 1.807) is 0 Å². The lowest BCUT2D eigenvalue weighted by Crippen LogP contribution is -2.00. The summed E-state index contributed by atoms with van der Waals surface area (Å²) >= 11 is 10.7. The van der Waals surface area contributed by atoms with Crippen molar-refractivity contribution < 1.29 is 19.4 Å². The normalized spacial score (nSPS) is 9.73. The number of hydrogen-bond donors (Lipinski definition) is 1. The molecule has 0 saturated heterocycles. The Kier molecular flexibility index (Phi) is 4.52. The van der Waals surface area contributed by atoms with Crippen LogP contribution < -0.4 is 9.47 Å². The van der Waals surface area contributed by atoms with Crippen LogP contribution in [0, 0.1) is 0 Å². The third kappa shape index (κ3) is 3.49. The fourth-order valence-corrected chi connectivity index (χ4v) is 1.24. The number of halogens is 2. The van der Waals surface area contributed by atoms with Crippen LogP contribution >= 0.6 is 23.2 Å². The van der Waals surface area contributed by atoms with E-state index in [4.69, 9.17) is 37.8 Å². The Morgan fingerprint density at radius 1 is 1.13 bits per heavy atom. The molecule has 15 heavy (non-hydrogen) atoms. The van der Waals surface area contributed by atoms with Crippen molar-refractivity contribution in [1.82, 2.24) is 0 Å². The van der Waals surface area contributed by atoms with Gasteiger partial charge in [0.1, 0.15) is 11.5 Å². The Morgan fingerprint density at radius 3 is 1.93 bits per heavy atom. The molecule has 0 radical (unpaired) electrons. The Hall–Kier alpha value is -1.13. The van der Waals surface area contributed by atoms with Crippen LogP contribution in [0.5, 0.6) is 11.5 Å². The molecule has 1 N–H and O–H groups in total. The van der Waals surface area contributed by atoms with Crippen LogP contribution in [0.15, 0.2) is 18.2 Å². The van der Waals surface area contributed by atoms with E-state index in [2.05, 4.69) is 0 Å². The standard InChI is InChI=1S/C9H8Cl2O4/c10-4-14-7-1-6(9(12)13)2-8(3-7)15-5-11/h1-3H,4-5H2,(H,12,13). The second kappa shape index (κ2) is 5.68. The number of carboxylic acid groups (broad SMARTS) is 1. The number of ether oxygens (including phenoxy) is 2. The zero-order valence-electron chi connectivity index (χ0n) is 7.57. The van der Waals surface area contributed by atoms with Crippen LogP contribution in [0.3, 0.4) is 0 Å². The van der Waals surface area contributed by atoms with Gasteiger partial charge in [0.25, 0.3) is 0 Å². The molecule has 0 heterocycles. The van der Waals surface area contributed by atoms with Crippen LogP contribution in [0.2, 0.25) is 0 Å². The number of benzene rings is 1. The van der Waals surface area contributed by atoms with Gasteiger partial charge in [0, 0.05) is 6.07 Å². The molecule has 1 rings (SSSR count).